The minimum Gasteiger partial charge on any atom is -0.496 e. The topological polar surface area (TPSA) is 44.5 Å². The van der Waals surface area contributed by atoms with Crippen molar-refractivity contribution in [1.82, 2.24) is 0 Å². The minimum atomic E-state index is 0.00653. The molecule has 0 saturated heterocycles. The summed E-state index contributed by atoms with van der Waals surface area (Å²) >= 11 is 0. The van der Waals surface area contributed by atoms with Crippen LogP contribution in [-0.2, 0) is 6.61 Å². The molecule has 2 aromatic carbocycles. The second-order valence-corrected chi connectivity index (χ2v) is 4.97. The average Bonchev–Trinajstić information content (AvgIpc) is 2.45. The standard InChI is InChI=1S/C17H21NO2/c1-12-7-8-17(19-3)15(9-12)11-20-16-6-4-5-14(10-16)13(2)18/h4-10,13H,11,18H2,1-3H3. The normalized spacial score (nSPS) is 12.0. The number of hydrogen-bond acceptors (Lipinski definition) is 3. The Morgan fingerprint density at radius 2 is 1.95 bits per heavy atom. The van der Waals surface area contributed by atoms with Gasteiger partial charge in [-0.2, -0.15) is 0 Å². The fourth-order valence-corrected chi connectivity index (χ4v) is 2.07. The van der Waals surface area contributed by atoms with Gasteiger partial charge in [-0.05, 0) is 43.7 Å². The maximum Gasteiger partial charge on any atom is 0.125 e. The van der Waals surface area contributed by atoms with Crippen molar-refractivity contribution in [2.24, 2.45) is 5.73 Å². The Kier molecular flexibility index (Phi) is 4.64. The summed E-state index contributed by atoms with van der Waals surface area (Å²) in [6.45, 7) is 4.50. The lowest BCUT2D eigenvalue weighted by molar-refractivity contribution is 0.296. The quantitative estimate of drug-likeness (QED) is 0.903. The van der Waals surface area contributed by atoms with E-state index in [1.807, 2.05) is 43.3 Å². The summed E-state index contributed by atoms with van der Waals surface area (Å²) in [5.74, 6) is 1.67. The first kappa shape index (κ1) is 14.4. The van der Waals surface area contributed by atoms with Crippen molar-refractivity contribution < 1.29 is 9.47 Å². The van der Waals surface area contributed by atoms with Crippen molar-refractivity contribution in [3.8, 4) is 11.5 Å². The molecule has 0 amide bonds. The third-order valence-electron chi connectivity index (χ3n) is 3.21. The van der Waals surface area contributed by atoms with Gasteiger partial charge in [-0.3, -0.25) is 0 Å². The van der Waals surface area contributed by atoms with Gasteiger partial charge in [-0.1, -0.05) is 23.8 Å². The van der Waals surface area contributed by atoms with Gasteiger partial charge in [-0.25, -0.2) is 0 Å². The largest absolute Gasteiger partial charge is 0.496 e. The average molecular weight is 271 g/mol. The van der Waals surface area contributed by atoms with Crippen LogP contribution in [0.3, 0.4) is 0 Å². The highest BCUT2D eigenvalue weighted by molar-refractivity contribution is 5.37. The molecule has 0 fully saturated rings. The van der Waals surface area contributed by atoms with E-state index >= 15 is 0 Å². The minimum absolute atomic E-state index is 0.00653. The molecule has 0 saturated carbocycles. The zero-order chi connectivity index (χ0) is 14.5. The fraction of sp³-hybridized carbons (Fsp3) is 0.294. The van der Waals surface area contributed by atoms with E-state index in [2.05, 4.69) is 13.0 Å². The van der Waals surface area contributed by atoms with E-state index < -0.39 is 0 Å². The summed E-state index contributed by atoms with van der Waals surface area (Å²) in [5, 5.41) is 0. The maximum absolute atomic E-state index is 5.88. The summed E-state index contributed by atoms with van der Waals surface area (Å²) in [6.07, 6.45) is 0. The first-order valence-corrected chi connectivity index (χ1v) is 6.72. The van der Waals surface area contributed by atoms with Gasteiger partial charge in [0.25, 0.3) is 0 Å². The number of benzene rings is 2. The SMILES string of the molecule is COc1ccc(C)cc1COc1cccc(C(C)N)c1. The fourth-order valence-electron chi connectivity index (χ4n) is 2.07. The van der Waals surface area contributed by atoms with Crippen molar-refractivity contribution in [1.29, 1.82) is 0 Å². The Bertz CT molecular complexity index is 579. The highest BCUT2D eigenvalue weighted by Gasteiger charge is 2.05. The lowest BCUT2D eigenvalue weighted by atomic mass is 10.1. The number of ether oxygens (including phenoxy) is 2. The molecule has 2 aromatic rings. The second-order valence-electron chi connectivity index (χ2n) is 4.97. The molecule has 0 aromatic heterocycles. The molecular weight excluding hydrogens is 250 g/mol. The van der Waals surface area contributed by atoms with Crippen LogP contribution in [0.4, 0.5) is 0 Å². The first-order valence-electron chi connectivity index (χ1n) is 6.72. The van der Waals surface area contributed by atoms with E-state index in [1.54, 1.807) is 7.11 Å². The summed E-state index contributed by atoms with van der Waals surface area (Å²) in [7, 11) is 1.67. The van der Waals surface area contributed by atoms with Gasteiger partial charge >= 0.3 is 0 Å². The van der Waals surface area contributed by atoms with Crippen LogP contribution in [0.2, 0.25) is 0 Å². The van der Waals surface area contributed by atoms with Gasteiger partial charge < -0.3 is 15.2 Å². The molecule has 0 radical (unpaired) electrons. The Balaban J connectivity index is 2.12. The Labute approximate surface area is 120 Å². The molecule has 0 heterocycles. The highest BCUT2D eigenvalue weighted by atomic mass is 16.5. The smallest absolute Gasteiger partial charge is 0.125 e. The molecule has 0 aliphatic heterocycles. The third-order valence-corrected chi connectivity index (χ3v) is 3.21. The van der Waals surface area contributed by atoms with Gasteiger partial charge in [0.1, 0.15) is 18.1 Å². The van der Waals surface area contributed by atoms with E-state index in [0.717, 1.165) is 22.6 Å². The Hall–Kier alpha value is -2.00. The molecule has 20 heavy (non-hydrogen) atoms. The van der Waals surface area contributed by atoms with Gasteiger partial charge in [0, 0.05) is 11.6 Å². The van der Waals surface area contributed by atoms with Crippen LogP contribution in [0.25, 0.3) is 0 Å². The number of hydrogen-bond donors (Lipinski definition) is 1. The molecule has 3 nitrogen and oxygen atoms in total. The summed E-state index contributed by atoms with van der Waals surface area (Å²) < 4.78 is 11.2. The molecule has 1 atom stereocenters. The van der Waals surface area contributed by atoms with Crippen LogP contribution >= 0.6 is 0 Å². The molecule has 3 heteroatoms. The highest BCUT2D eigenvalue weighted by Crippen LogP contribution is 2.23. The van der Waals surface area contributed by atoms with Crippen molar-refractivity contribution in [3.63, 3.8) is 0 Å². The van der Waals surface area contributed by atoms with Gasteiger partial charge in [0.05, 0.1) is 7.11 Å². The molecule has 2 rings (SSSR count). The zero-order valence-electron chi connectivity index (χ0n) is 12.2. The lowest BCUT2D eigenvalue weighted by Gasteiger charge is -2.12. The van der Waals surface area contributed by atoms with Crippen molar-refractivity contribution in [2.75, 3.05) is 7.11 Å². The number of aryl methyl sites for hydroxylation is 1. The molecule has 106 valence electrons. The molecule has 0 aliphatic carbocycles. The van der Waals surface area contributed by atoms with E-state index in [4.69, 9.17) is 15.2 Å². The number of rotatable bonds is 5. The van der Waals surface area contributed by atoms with Crippen LogP contribution in [0.5, 0.6) is 11.5 Å². The van der Waals surface area contributed by atoms with Crippen LogP contribution in [0, 0.1) is 6.92 Å². The predicted octanol–water partition coefficient (Wildman–Crippen LogP) is 3.60. The van der Waals surface area contributed by atoms with Crippen LogP contribution < -0.4 is 15.2 Å². The summed E-state index contributed by atoms with van der Waals surface area (Å²) in [6, 6.07) is 14.0. The maximum atomic E-state index is 5.88. The molecular formula is C17H21NO2. The van der Waals surface area contributed by atoms with Gasteiger partial charge in [0.15, 0.2) is 0 Å². The summed E-state index contributed by atoms with van der Waals surface area (Å²) in [5.41, 5.74) is 9.18. The molecule has 0 bridgehead atoms. The van der Waals surface area contributed by atoms with Crippen molar-refractivity contribution in [3.05, 3.63) is 59.2 Å². The van der Waals surface area contributed by atoms with Gasteiger partial charge in [0.2, 0.25) is 0 Å². The molecule has 0 spiro atoms. The Morgan fingerprint density at radius 3 is 2.65 bits per heavy atom. The third kappa shape index (κ3) is 3.52. The van der Waals surface area contributed by atoms with Crippen LogP contribution in [0.1, 0.15) is 29.7 Å². The van der Waals surface area contributed by atoms with Crippen molar-refractivity contribution in [2.45, 2.75) is 26.5 Å². The van der Waals surface area contributed by atoms with Crippen molar-refractivity contribution >= 4 is 0 Å². The van der Waals surface area contributed by atoms with Crippen LogP contribution in [0.15, 0.2) is 42.5 Å². The number of nitrogens with two attached hydrogens (primary N) is 1. The van der Waals surface area contributed by atoms with E-state index in [-0.39, 0.29) is 6.04 Å². The molecule has 1 unspecified atom stereocenters. The number of methoxy groups -OCH3 is 1. The second kappa shape index (κ2) is 6.44. The molecule has 0 aliphatic rings. The summed E-state index contributed by atoms with van der Waals surface area (Å²) in [4.78, 5) is 0. The molecule has 2 N–H and O–H groups in total. The predicted molar refractivity (Wildman–Crippen MR) is 81.1 cm³/mol. The first-order chi connectivity index (χ1) is 9.60. The van der Waals surface area contributed by atoms with E-state index in [0.29, 0.717) is 6.61 Å². The van der Waals surface area contributed by atoms with Gasteiger partial charge in [-0.15, -0.1) is 0 Å². The van der Waals surface area contributed by atoms with Crippen LogP contribution in [-0.4, -0.2) is 7.11 Å². The van der Waals surface area contributed by atoms with E-state index in [9.17, 15) is 0 Å². The zero-order valence-corrected chi connectivity index (χ0v) is 12.2. The Morgan fingerprint density at radius 1 is 1.15 bits per heavy atom. The monoisotopic (exact) mass is 271 g/mol. The van der Waals surface area contributed by atoms with E-state index in [1.165, 1.54) is 5.56 Å². The lowest BCUT2D eigenvalue weighted by Crippen LogP contribution is -2.05.